The Bertz CT molecular complexity index is 697. The molecule has 2 rings (SSSR count). The lowest BCUT2D eigenvalue weighted by Gasteiger charge is -2.19. The predicted octanol–water partition coefficient (Wildman–Crippen LogP) is 2.86. The predicted molar refractivity (Wildman–Crippen MR) is 110 cm³/mol. The average Bonchev–Trinajstić information content (AvgIpc) is 2.99. The minimum Gasteiger partial charge on any atom is -0.385 e. The molecule has 1 aromatic carbocycles. The van der Waals surface area contributed by atoms with Crippen LogP contribution < -0.4 is 14.3 Å². The molecule has 0 amide bonds. The third kappa shape index (κ3) is 5.96. The van der Waals surface area contributed by atoms with Gasteiger partial charge in [-0.3, -0.25) is 4.31 Å². The topological polar surface area (TPSA) is 78.5 Å². The zero-order chi connectivity index (χ0) is 19.2. The highest BCUT2D eigenvalue weighted by Crippen LogP contribution is 2.23. The number of hydrogen-bond donors (Lipinski definition) is 2. The van der Waals surface area contributed by atoms with Gasteiger partial charge in [-0.15, -0.1) is 0 Å². The van der Waals surface area contributed by atoms with Crippen LogP contribution in [-0.2, 0) is 21.0 Å². The van der Waals surface area contributed by atoms with E-state index in [4.69, 9.17) is 0 Å². The third-order valence-corrected chi connectivity index (χ3v) is 8.08. The van der Waals surface area contributed by atoms with Crippen LogP contribution >= 0.6 is 0 Å². The van der Waals surface area contributed by atoms with Crippen LogP contribution in [0.1, 0.15) is 46.5 Å². The van der Waals surface area contributed by atoms with Crippen molar-refractivity contribution >= 4 is 32.4 Å². The van der Waals surface area contributed by atoms with E-state index in [9.17, 15) is 12.6 Å². The van der Waals surface area contributed by atoms with E-state index in [1.807, 2.05) is 28.6 Å². The first-order valence-electron chi connectivity index (χ1n) is 9.20. The van der Waals surface area contributed by atoms with Gasteiger partial charge in [0, 0.05) is 36.8 Å². The lowest BCUT2D eigenvalue weighted by molar-refractivity contribution is 0.540. The second-order valence-corrected chi connectivity index (χ2v) is 11.5. The van der Waals surface area contributed by atoms with E-state index >= 15 is 0 Å². The van der Waals surface area contributed by atoms with E-state index in [-0.39, 0.29) is 0 Å². The van der Waals surface area contributed by atoms with Gasteiger partial charge in [-0.2, -0.15) is 0 Å². The van der Waals surface area contributed by atoms with Crippen molar-refractivity contribution in [2.75, 3.05) is 35.0 Å². The van der Waals surface area contributed by atoms with Gasteiger partial charge in [0.05, 0.1) is 4.75 Å². The zero-order valence-corrected chi connectivity index (χ0v) is 17.6. The molecule has 148 valence electrons. The molecule has 1 unspecified atom stereocenters. The Morgan fingerprint density at radius 2 is 1.73 bits per heavy atom. The summed E-state index contributed by atoms with van der Waals surface area (Å²) in [6.45, 7) is 7.30. The summed E-state index contributed by atoms with van der Waals surface area (Å²) in [7, 11) is -4.12. The van der Waals surface area contributed by atoms with Crippen molar-refractivity contribution < 1.29 is 12.6 Å². The van der Waals surface area contributed by atoms with Gasteiger partial charge >= 0.3 is 0 Å². The quantitative estimate of drug-likeness (QED) is 0.624. The maximum atomic E-state index is 11.9. The van der Waals surface area contributed by atoms with Crippen molar-refractivity contribution in [3.63, 3.8) is 0 Å². The first kappa shape index (κ1) is 21.2. The largest absolute Gasteiger partial charge is 0.385 e. The van der Waals surface area contributed by atoms with Gasteiger partial charge in [0.2, 0.25) is 10.0 Å². The van der Waals surface area contributed by atoms with Gasteiger partial charge in [0.25, 0.3) is 0 Å². The minimum atomic E-state index is -3.24. The molecule has 2 N–H and O–H groups in total. The molecule has 1 aromatic rings. The third-order valence-electron chi connectivity index (χ3n) is 4.36. The summed E-state index contributed by atoms with van der Waals surface area (Å²) in [5.41, 5.74) is 2.06. The number of nitrogens with one attached hydrogen (secondary N) is 2. The van der Waals surface area contributed by atoms with Crippen LogP contribution in [0.25, 0.3) is 0 Å². The average molecular weight is 402 g/mol. The van der Waals surface area contributed by atoms with Gasteiger partial charge in [-0.1, -0.05) is 6.42 Å². The van der Waals surface area contributed by atoms with E-state index in [2.05, 4.69) is 10.0 Å². The number of sulfonamides is 1. The molecular weight excluding hydrogens is 370 g/mol. The van der Waals surface area contributed by atoms with E-state index in [1.165, 1.54) is 0 Å². The van der Waals surface area contributed by atoms with Crippen LogP contribution in [0.4, 0.5) is 11.4 Å². The Balaban J connectivity index is 1.62. The van der Waals surface area contributed by atoms with E-state index in [0.29, 0.717) is 6.54 Å². The van der Waals surface area contributed by atoms with Gasteiger partial charge in [-0.25, -0.2) is 17.3 Å². The molecule has 8 heteroatoms. The number of anilines is 2. The van der Waals surface area contributed by atoms with Crippen molar-refractivity contribution in [1.29, 1.82) is 0 Å². The fourth-order valence-electron chi connectivity index (χ4n) is 2.62. The van der Waals surface area contributed by atoms with Gasteiger partial charge in [-0.05, 0) is 64.3 Å². The van der Waals surface area contributed by atoms with Crippen molar-refractivity contribution in [2.45, 2.75) is 51.2 Å². The molecule has 1 saturated heterocycles. The maximum Gasteiger partial charge on any atom is 0.216 e. The molecule has 0 bridgehead atoms. The van der Waals surface area contributed by atoms with Crippen LogP contribution in [0.2, 0.25) is 0 Å². The zero-order valence-electron chi connectivity index (χ0n) is 16.0. The summed E-state index contributed by atoms with van der Waals surface area (Å²) in [5.74, 6) is 0.756. The summed E-state index contributed by atoms with van der Waals surface area (Å²) in [4.78, 5) is 0. The monoisotopic (exact) mass is 401 g/mol. The highest BCUT2D eigenvalue weighted by atomic mass is 32.2. The summed E-state index contributed by atoms with van der Waals surface area (Å²) >= 11 is 0. The minimum absolute atomic E-state index is 0.487. The molecule has 1 heterocycles. The molecule has 0 aromatic heterocycles. The fraction of sp³-hybridized carbons (Fsp3) is 0.667. The molecule has 6 nitrogen and oxygen atoms in total. The standard InChI is InChI=1S/C18H31N3O3S2/c1-18(2,3)26(23,24)20-13-6-4-5-12-19-16-8-10-17(11-9-16)21-14-7-15-25(21)22/h8-11,19-20H,4-7,12-15H2,1-3H3. The second kappa shape index (κ2) is 9.19. The van der Waals surface area contributed by atoms with E-state index in [1.54, 1.807) is 20.8 Å². The first-order chi connectivity index (χ1) is 12.2. The van der Waals surface area contributed by atoms with Crippen LogP contribution in [-0.4, -0.2) is 42.8 Å². The summed E-state index contributed by atoms with van der Waals surface area (Å²) in [6, 6.07) is 8.05. The molecular formula is C18H31N3O3S2. The highest BCUT2D eigenvalue weighted by molar-refractivity contribution is 7.90. The molecule has 0 spiro atoms. The fourth-order valence-corrected chi connectivity index (χ4v) is 4.75. The molecule has 0 aliphatic carbocycles. The van der Waals surface area contributed by atoms with E-state index < -0.39 is 25.8 Å². The van der Waals surface area contributed by atoms with Gasteiger partial charge < -0.3 is 5.32 Å². The highest BCUT2D eigenvalue weighted by Gasteiger charge is 2.27. The number of benzene rings is 1. The molecule has 0 saturated carbocycles. The molecule has 1 aliphatic heterocycles. The normalized spacial score (nSPS) is 18.3. The number of nitrogens with zero attached hydrogens (tertiary/aromatic N) is 1. The molecule has 1 fully saturated rings. The maximum absolute atomic E-state index is 11.9. The Hall–Kier alpha value is -1.12. The summed E-state index contributed by atoms with van der Waals surface area (Å²) in [5, 5.41) is 3.37. The summed E-state index contributed by atoms with van der Waals surface area (Å²) in [6.07, 6.45) is 3.76. The van der Waals surface area contributed by atoms with E-state index in [0.717, 1.165) is 55.9 Å². The van der Waals surface area contributed by atoms with Gasteiger partial charge in [0.15, 0.2) is 0 Å². The molecule has 0 radical (unpaired) electrons. The second-order valence-electron chi connectivity index (χ2n) is 7.53. The molecule has 26 heavy (non-hydrogen) atoms. The van der Waals surface area contributed by atoms with Crippen molar-refractivity contribution in [1.82, 2.24) is 4.72 Å². The van der Waals surface area contributed by atoms with Crippen LogP contribution in [0.5, 0.6) is 0 Å². The number of unbranched alkanes of at least 4 members (excludes halogenated alkanes) is 2. The lowest BCUT2D eigenvalue weighted by atomic mass is 10.2. The van der Waals surface area contributed by atoms with Crippen LogP contribution in [0.3, 0.4) is 0 Å². The van der Waals surface area contributed by atoms with Crippen LogP contribution in [0, 0.1) is 0 Å². The van der Waals surface area contributed by atoms with Crippen LogP contribution in [0.15, 0.2) is 24.3 Å². The first-order valence-corrected chi connectivity index (χ1v) is 12.0. The number of hydrogen-bond acceptors (Lipinski definition) is 4. The van der Waals surface area contributed by atoms with Crippen molar-refractivity contribution in [3.8, 4) is 0 Å². The number of rotatable bonds is 9. The molecule has 1 aliphatic rings. The SMILES string of the molecule is CC(C)(C)S(=O)(=O)NCCCCCNc1ccc(N2CCCS2=O)cc1. The Kier molecular flexibility index (Phi) is 7.49. The lowest BCUT2D eigenvalue weighted by Crippen LogP contribution is -2.39. The van der Waals surface area contributed by atoms with Crippen molar-refractivity contribution in [3.05, 3.63) is 24.3 Å². The smallest absolute Gasteiger partial charge is 0.216 e. The van der Waals surface area contributed by atoms with Crippen molar-refractivity contribution in [2.24, 2.45) is 0 Å². The summed E-state index contributed by atoms with van der Waals surface area (Å²) < 4.78 is 39.6. The Labute approximate surface area is 160 Å². The van der Waals surface area contributed by atoms with Gasteiger partial charge in [0.1, 0.15) is 11.0 Å². The Morgan fingerprint density at radius 3 is 2.31 bits per heavy atom. The Morgan fingerprint density at radius 1 is 1.08 bits per heavy atom. The molecule has 1 atom stereocenters.